The second-order valence-corrected chi connectivity index (χ2v) is 42.3. The Kier molecular flexibility index (Phi) is 26.3. The number of nitrogens with zero attached hydrogens (tertiary/aromatic N) is 17. The van der Waals surface area contributed by atoms with Gasteiger partial charge >= 0.3 is 0 Å². The molecular formula is C112H125F4N17O5S. The van der Waals surface area contributed by atoms with Gasteiger partial charge in [0.15, 0.2) is 0 Å². The fourth-order valence-corrected chi connectivity index (χ4v) is 26.2. The maximum absolute atomic E-state index is 15.2. The van der Waals surface area contributed by atoms with Crippen LogP contribution in [0.15, 0.2) is 219 Å². The Morgan fingerprint density at radius 2 is 0.691 bits per heavy atom. The zero-order valence-electron chi connectivity index (χ0n) is 80.6. The first-order valence-electron chi connectivity index (χ1n) is 50.1. The molecule has 6 atom stereocenters. The quantitative estimate of drug-likeness (QED) is 0.0834. The third-order valence-electron chi connectivity index (χ3n) is 32.8. The maximum atomic E-state index is 15.2. The highest BCUT2D eigenvalue weighted by Crippen LogP contribution is 2.55. The molecule has 8 fully saturated rings. The molecule has 12 aliphatic rings. The van der Waals surface area contributed by atoms with Gasteiger partial charge in [0.2, 0.25) is 23.6 Å². The van der Waals surface area contributed by atoms with Gasteiger partial charge in [0, 0.05) is 171 Å². The molecule has 15 heterocycles. The van der Waals surface area contributed by atoms with Crippen molar-refractivity contribution in [3.05, 3.63) is 287 Å². The number of thioether (sulfide) groups is 1. The SMILES string of the molecule is CC1CCCCC1N1CCC2(C1)C(=O)N(Cc1ccc(-c3cnn(C)c3)cc1F)c1ccccc12.CN1CCC(N2CCC3(CC2)C(=O)N(Cc2ccc(-c4cnn(C)c4)cc2F)c2ccccc23)C1.Cn1cc(-c2ccc(CN3C(=O)C4(CCN(C5CCCOC5)CC4)c4ccccc43)c(F)c2)cn1.Cn1cc(-c2ccc(CN3C(=O)C4(CCN(C5CCSCC5)C4)c4ccccc43)c(F)c2)cn1. The normalized spacial score (nSPS) is 23.6. The Morgan fingerprint density at radius 3 is 1.04 bits per heavy atom. The molecule has 22 nitrogen and oxygen atoms in total. The minimum absolute atomic E-state index is 0.106. The van der Waals surface area contributed by atoms with Gasteiger partial charge in [-0.3, -0.25) is 57.5 Å². The van der Waals surface area contributed by atoms with Crippen molar-refractivity contribution < 1.29 is 41.5 Å². The number of aromatic nitrogens is 8. The standard InChI is InChI=1S/C29H33FN4O.C28H32FN5O.C28H31FN4O2.C27H29FN4OS/c1-20-7-3-5-9-26(20)33-14-13-29(19-33)24-8-4-6-10-27(24)34(28(29)35)18-22-12-11-21(15-25(22)30)23-16-31-32(2)17-23;1-31-12-9-23(19-31)33-13-10-28(11-14-33)24-5-3-4-6-26(24)34(27(28)35)18-21-8-7-20(15-25(21)29)22-16-30-32(2)17-22;1-31-17-22(16-30-31)20-8-9-21(25(29)15-20)18-33-26-7-3-2-6-24(26)28(27(33)34)10-12-32(13-11-28)23-5-4-14-35-19-23;1-30-16-21(15-29-30)19-6-7-20(24(28)14-19)17-32-25-5-3-2-4-23(25)27(26(32)33)10-11-31(18-27)22-8-12-34-13-9-22/h4,6,8,10-12,15-17,20,26H,3,5,7,9,13-14,18-19H2,1-2H3;3-8,15-17,23H,9-14,18-19H2,1-2H3;2-3,6-9,15-17,23H,4-5,10-14,18-19H2,1H3;2-7,14-16,22H,8-13,17-18H2,1H3. The van der Waals surface area contributed by atoms with E-state index in [1.807, 2.05) is 183 Å². The van der Waals surface area contributed by atoms with Crippen molar-refractivity contribution >= 4 is 58.1 Å². The molecule has 139 heavy (non-hydrogen) atoms. The van der Waals surface area contributed by atoms with Crippen LogP contribution in [0.25, 0.3) is 44.5 Å². The number of benzene rings is 8. The number of carbonyl (C=O) groups is 4. The summed E-state index contributed by atoms with van der Waals surface area (Å²) < 4.78 is 73.4. The van der Waals surface area contributed by atoms with E-state index in [0.717, 1.165) is 220 Å². The fourth-order valence-electron chi connectivity index (χ4n) is 25.1. The van der Waals surface area contributed by atoms with E-state index in [-0.39, 0.29) is 73.1 Å². The molecule has 11 aliphatic heterocycles. The van der Waals surface area contributed by atoms with Crippen LogP contribution in [-0.4, -0.2) is 209 Å². The van der Waals surface area contributed by atoms with Crippen molar-refractivity contribution in [1.82, 2.24) is 63.6 Å². The van der Waals surface area contributed by atoms with E-state index in [2.05, 4.69) is 83.1 Å². The number of halogens is 4. The van der Waals surface area contributed by atoms with Crippen LogP contribution in [0.4, 0.5) is 40.3 Å². The van der Waals surface area contributed by atoms with Crippen LogP contribution in [-0.2, 0) is 99.9 Å². The summed E-state index contributed by atoms with van der Waals surface area (Å²) >= 11 is 2.03. The summed E-state index contributed by atoms with van der Waals surface area (Å²) in [6.07, 6.45) is 30.3. The van der Waals surface area contributed by atoms with Gasteiger partial charge in [0.05, 0.1) is 79.2 Å². The number of fused-ring (bicyclic) bond motifs is 8. The summed E-state index contributed by atoms with van der Waals surface area (Å²) in [5.41, 5.74) is 14.9. The van der Waals surface area contributed by atoms with E-state index >= 15 is 17.6 Å². The molecule has 12 aromatic rings. The minimum atomic E-state index is -0.519. The van der Waals surface area contributed by atoms with Gasteiger partial charge in [-0.1, -0.05) is 141 Å². The molecule has 4 spiro atoms. The summed E-state index contributed by atoms with van der Waals surface area (Å²) in [7, 11) is 9.56. The lowest BCUT2D eigenvalue weighted by atomic mass is 9.73. The third kappa shape index (κ3) is 17.9. The van der Waals surface area contributed by atoms with Gasteiger partial charge in [-0.15, -0.1) is 0 Å². The zero-order valence-corrected chi connectivity index (χ0v) is 81.4. The Morgan fingerprint density at radius 1 is 0.353 bits per heavy atom. The van der Waals surface area contributed by atoms with Crippen LogP contribution in [0.2, 0.25) is 0 Å². The van der Waals surface area contributed by atoms with Crippen molar-refractivity contribution in [2.75, 3.05) is 117 Å². The zero-order chi connectivity index (χ0) is 95.6. The van der Waals surface area contributed by atoms with Crippen LogP contribution in [0.5, 0.6) is 0 Å². The molecule has 1 saturated carbocycles. The minimum Gasteiger partial charge on any atom is -0.380 e. The Hall–Kier alpha value is -11.7. The van der Waals surface area contributed by atoms with E-state index in [1.54, 1.807) is 90.9 Å². The number of likely N-dealkylation sites (N-methyl/N-ethyl adjacent to an activating group) is 1. The number of likely N-dealkylation sites (tertiary alicyclic amines) is 5. The smallest absolute Gasteiger partial charge is 0.239 e. The molecule has 4 aromatic heterocycles. The molecule has 1 aliphatic carbocycles. The summed E-state index contributed by atoms with van der Waals surface area (Å²) in [6, 6.07) is 55.7. The highest BCUT2D eigenvalue weighted by molar-refractivity contribution is 7.99. The number of para-hydroxylation sites is 4. The van der Waals surface area contributed by atoms with Crippen molar-refractivity contribution in [2.45, 2.75) is 175 Å². The molecule has 27 heteroatoms. The molecule has 722 valence electrons. The lowest BCUT2D eigenvalue weighted by Gasteiger charge is -2.43. The number of rotatable bonds is 16. The third-order valence-corrected chi connectivity index (χ3v) is 33.9. The second kappa shape index (κ2) is 39.1. The highest BCUT2D eigenvalue weighted by Gasteiger charge is 2.59. The van der Waals surface area contributed by atoms with E-state index in [0.29, 0.717) is 52.3 Å². The predicted molar refractivity (Wildman–Crippen MR) is 537 cm³/mol. The Balaban J connectivity index is 0.000000110. The molecule has 8 aromatic carbocycles. The molecule has 0 bridgehead atoms. The van der Waals surface area contributed by atoms with E-state index in [4.69, 9.17) is 4.74 Å². The average Bonchev–Trinajstić information content (AvgIpc) is 1.54. The number of amides is 4. The van der Waals surface area contributed by atoms with Crippen molar-refractivity contribution in [2.24, 2.45) is 34.1 Å². The second-order valence-electron chi connectivity index (χ2n) is 41.1. The van der Waals surface area contributed by atoms with Gasteiger partial charge in [0.1, 0.15) is 23.3 Å². The number of hydrogen-bond donors (Lipinski definition) is 0. The van der Waals surface area contributed by atoms with Crippen molar-refractivity contribution in [3.63, 3.8) is 0 Å². The molecule has 7 saturated heterocycles. The number of piperidine rings is 2. The first kappa shape index (κ1) is 93.6. The van der Waals surface area contributed by atoms with E-state index in [9.17, 15) is 19.2 Å². The molecule has 4 amide bonds. The summed E-state index contributed by atoms with van der Waals surface area (Å²) in [4.78, 5) is 75.9. The number of aryl methyl sites for hydroxylation is 4. The van der Waals surface area contributed by atoms with Crippen molar-refractivity contribution in [1.29, 1.82) is 0 Å². The fraction of sp³-hybridized carbons (Fsp3) is 0.429. The Labute approximate surface area is 816 Å². The van der Waals surface area contributed by atoms with Crippen LogP contribution < -0.4 is 19.6 Å². The molecule has 0 N–H and O–H groups in total. The predicted octanol–water partition coefficient (Wildman–Crippen LogP) is 18.0. The van der Waals surface area contributed by atoms with Crippen LogP contribution in [0.3, 0.4) is 0 Å². The summed E-state index contributed by atoms with van der Waals surface area (Å²) in [5.74, 6) is 2.39. The van der Waals surface area contributed by atoms with E-state index in [1.165, 1.54) is 56.5 Å². The van der Waals surface area contributed by atoms with E-state index < -0.39 is 21.7 Å². The number of ether oxygens (including phenoxy) is 1. The van der Waals surface area contributed by atoms with Crippen molar-refractivity contribution in [3.8, 4) is 44.5 Å². The largest absolute Gasteiger partial charge is 0.380 e. The lowest BCUT2D eigenvalue weighted by molar-refractivity contribution is -0.126. The molecule has 6 unspecified atom stereocenters. The monoisotopic (exact) mass is 1900 g/mol. The molecule has 24 rings (SSSR count). The van der Waals surface area contributed by atoms with Gasteiger partial charge in [-0.25, -0.2) is 17.6 Å². The summed E-state index contributed by atoms with van der Waals surface area (Å²) in [6.45, 7) is 14.3. The molecule has 0 radical (unpaired) electrons. The first-order chi connectivity index (χ1) is 67.5. The lowest BCUT2D eigenvalue weighted by Crippen LogP contribution is -2.52. The number of carbonyl (C=O) groups excluding carboxylic acids is 4. The van der Waals surface area contributed by atoms with Gasteiger partial charge in [0.25, 0.3) is 0 Å². The van der Waals surface area contributed by atoms with Crippen LogP contribution >= 0.6 is 11.8 Å². The molecular weight excluding hydrogens is 1770 g/mol. The number of anilines is 4. The van der Waals surface area contributed by atoms with Gasteiger partial charge < -0.3 is 29.2 Å². The van der Waals surface area contributed by atoms with Gasteiger partial charge in [-0.05, 0) is 247 Å². The van der Waals surface area contributed by atoms with Crippen LogP contribution in [0, 0.1) is 29.2 Å². The topological polar surface area (TPSA) is 178 Å². The summed E-state index contributed by atoms with van der Waals surface area (Å²) in [5, 5.41) is 16.7. The van der Waals surface area contributed by atoms with Gasteiger partial charge in [-0.2, -0.15) is 32.2 Å². The first-order valence-corrected chi connectivity index (χ1v) is 51.2. The Bertz CT molecular complexity index is 6380. The van der Waals surface area contributed by atoms with Crippen LogP contribution in [0.1, 0.15) is 148 Å². The maximum Gasteiger partial charge on any atom is 0.239 e. The highest BCUT2D eigenvalue weighted by atomic mass is 32.2. The number of hydrogen-bond acceptors (Lipinski definition) is 15. The average molecular weight is 1900 g/mol.